The minimum Gasteiger partial charge on any atom is -0.497 e. The van der Waals surface area contributed by atoms with Crippen molar-refractivity contribution in [3.63, 3.8) is 0 Å². The van der Waals surface area contributed by atoms with Crippen molar-refractivity contribution in [3.05, 3.63) is 53.3 Å². The molecule has 96 valence electrons. The highest BCUT2D eigenvalue weighted by molar-refractivity contribution is 5.84. The average Bonchev–Trinajstić information content (AvgIpc) is 2.46. The molecule has 0 fully saturated rings. The lowest BCUT2D eigenvalue weighted by molar-refractivity contribution is 0.414. The number of methoxy groups -OCH3 is 1. The van der Waals surface area contributed by atoms with Crippen molar-refractivity contribution in [2.45, 2.75) is 12.8 Å². The predicted molar refractivity (Wildman–Crippen MR) is 77.8 cm³/mol. The first kappa shape index (κ1) is 11.8. The predicted octanol–water partition coefficient (Wildman–Crippen LogP) is 3.16. The minimum absolute atomic E-state index is 0.752. The van der Waals surface area contributed by atoms with Gasteiger partial charge in [0.25, 0.3) is 0 Å². The molecule has 0 aliphatic heterocycles. The molecule has 1 aromatic heterocycles. The van der Waals surface area contributed by atoms with Crippen molar-refractivity contribution < 1.29 is 4.74 Å². The molecule has 3 heteroatoms. The number of ether oxygens (including phenoxy) is 1. The maximum Gasteiger partial charge on any atom is 0.119 e. The van der Waals surface area contributed by atoms with E-state index in [0.717, 1.165) is 30.0 Å². The van der Waals surface area contributed by atoms with Crippen LogP contribution in [0.15, 0.2) is 36.5 Å². The molecule has 0 bridgehead atoms. The smallest absolute Gasteiger partial charge is 0.119 e. The molecule has 2 N–H and O–H groups in total. The zero-order valence-corrected chi connectivity index (χ0v) is 10.9. The molecule has 0 radical (unpaired) electrons. The molecule has 0 unspecified atom stereocenters. The van der Waals surface area contributed by atoms with Gasteiger partial charge in [-0.15, -0.1) is 0 Å². The van der Waals surface area contributed by atoms with Crippen LogP contribution in [-0.2, 0) is 6.42 Å². The van der Waals surface area contributed by atoms with Crippen molar-refractivity contribution in [1.82, 2.24) is 4.98 Å². The van der Waals surface area contributed by atoms with Crippen molar-refractivity contribution >= 4 is 17.3 Å². The number of rotatable bonds is 2. The van der Waals surface area contributed by atoms with Crippen molar-refractivity contribution in [1.29, 1.82) is 0 Å². The number of nitrogens with zero attached hydrogens (tertiary/aromatic N) is 1. The van der Waals surface area contributed by atoms with Crippen molar-refractivity contribution in [2.24, 2.45) is 0 Å². The third-order valence-corrected chi connectivity index (χ3v) is 3.46. The quantitative estimate of drug-likeness (QED) is 0.893. The molecule has 3 rings (SSSR count). The van der Waals surface area contributed by atoms with Gasteiger partial charge in [0.15, 0.2) is 0 Å². The summed E-state index contributed by atoms with van der Waals surface area (Å²) in [6, 6.07) is 9.95. The normalized spacial score (nSPS) is 13.6. The Morgan fingerprint density at radius 3 is 2.84 bits per heavy atom. The number of allylic oxidation sites excluding steroid dienone is 1. The summed E-state index contributed by atoms with van der Waals surface area (Å²) in [5, 5.41) is 0. The van der Waals surface area contributed by atoms with Gasteiger partial charge in [0.1, 0.15) is 5.75 Å². The summed E-state index contributed by atoms with van der Waals surface area (Å²) in [7, 11) is 1.69. The summed E-state index contributed by atoms with van der Waals surface area (Å²) < 4.78 is 5.28. The molecule has 3 nitrogen and oxygen atoms in total. The number of nitrogen functional groups attached to an aromatic ring is 1. The number of hydrogen-bond donors (Lipinski definition) is 1. The van der Waals surface area contributed by atoms with Crippen LogP contribution in [0.5, 0.6) is 5.75 Å². The van der Waals surface area contributed by atoms with Gasteiger partial charge in [-0.05, 0) is 59.9 Å². The lowest BCUT2D eigenvalue weighted by Crippen LogP contribution is -2.01. The molecule has 0 atom stereocenters. The van der Waals surface area contributed by atoms with E-state index in [0.29, 0.717) is 0 Å². The third-order valence-electron chi connectivity index (χ3n) is 3.46. The van der Waals surface area contributed by atoms with E-state index in [1.807, 2.05) is 18.2 Å². The fraction of sp³-hybridized carbons (Fsp3) is 0.188. The number of anilines is 1. The summed E-state index contributed by atoms with van der Waals surface area (Å²) in [5.41, 5.74) is 11.3. The summed E-state index contributed by atoms with van der Waals surface area (Å²) in [5.74, 6) is 0.886. The molecule has 1 aliphatic carbocycles. The summed E-state index contributed by atoms with van der Waals surface area (Å²) in [4.78, 5) is 4.40. The van der Waals surface area contributed by atoms with Crippen LogP contribution in [0.1, 0.15) is 23.2 Å². The maximum absolute atomic E-state index is 5.82. The first-order valence-electron chi connectivity index (χ1n) is 6.35. The van der Waals surface area contributed by atoms with E-state index in [9.17, 15) is 0 Å². The molecule has 1 aromatic carbocycles. The second kappa shape index (κ2) is 4.76. The second-order valence-corrected chi connectivity index (χ2v) is 4.71. The first-order valence-corrected chi connectivity index (χ1v) is 6.35. The number of aryl methyl sites for hydroxylation is 1. The highest BCUT2D eigenvalue weighted by Crippen LogP contribution is 2.31. The van der Waals surface area contributed by atoms with Crippen LogP contribution in [0.2, 0.25) is 0 Å². The number of hydrogen-bond acceptors (Lipinski definition) is 3. The van der Waals surface area contributed by atoms with Crippen molar-refractivity contribution in [3.8, 4) is 5.75 Å². The van der Waals surface area contributed by atoms with E-state index in [4.69, 9.17) is 10.5 Å². The van der Waals surface area contributed by atoms with Gasteiger partial charge < -0.3 is 10.5 Å². The standard InChI is InChI=1S/C16H16N2O/c1-19-15-5-4-11-2-3-12(8-13(11)9-15)16-10-14(17)6-7-18-16/h4-10H,2-3H2,1H3,(H2,17,18). The SMILES string of the molecule is COc1ccc2c(c1)C=C(c1cc(N)ccn1)CC2. The number of fused-ring (bicyclic) bond motifs is 1. The summed E-state index contributed by atoms with van der Waals surface area (Å²) in [6.45, 7) is 0. The lowest BCUT2D eigenvalue weighted by atomic mass is 9.90. The lowest BCUT2D eigenvalue weighted by Gasteiger charge is -2.17. The summed E-state index contributed by atoms with van der Waals surface area (Å²) >= 11 is 0. The highest BCUT2D eigenvalue weighted by Gasteiger charge is 2.13. The van der Waals surface area contributed by atoms with E-state index < -0.39 is 0 Å². The first-order chi connectivity index (χ1) is 9.26. The van der Waals surface area contributed by atoms with Crippen LogP contribution in [0.4, 0.5) is 5.69 Å². The van der Waals surface area contributed by atoms with Gasteiger partial charge in [0.2, 0.25) is 0 Å². The second-order valence-electron chi connectivity index (χ2n) is 4.71. The molecule has 0 saturated heterocycles. The molecule has 0 saturated carbocycles. The average molecular weight is 252 g/mol. The number of nitrogens with two attached hydrogens (primary N) is 1. The van der Waals surface area contributed by atoms with Gasteiger partial charge in [-0.25, -0.2) is 0 Å². The van der Waals surface area contributed by atoms with Gasteiger partial charge in [-0.2, -0.15) is 0 Å². The van der Waals surface area contributed by atoms with Crippen LogP contribution < -0.4 is 10.5 Å². The van der Waals surface area contributed by atoms with E-state index in [1.54, 1.807) is 13.3 Å². The Bertz CT molecular complexity index is 647. The minimum atomic E-state index is 0.752. The van der Waals surface area contributed by atoms with E-state index >= 15 is 0 Å². The Kier molecular flexibility index (Phi) is 2.95. The zero-order chi connectivity index (χ0) is 13.2. The Labute approximate surface area is 112 Å². The fourth-order valence-electron chi connectivity index (χ4n) is 2.42. The van der Waals surface area contributed by atoms with Gasteiger partial charge >= 0.3 is 0 Å². The Morgan fingerprint density at radius 2 is 2.05 bits per heavy atom. The van der Waals surface area contributed by atoms with Crippen LogP contribution in [0.25, 0.3) is 11.6 Å². The topological polar surface area (TPSA) is 48.1 Å². The van der Waals surface area contributed by atoms with Gasteiger partial charge in [-0.1, -0.05) is 6.07 Å². The van der Waals surface area contributed by atoms with Crippen LogP contribution in [-0.4, -0.2) is 12.1 Å². The van der Waals surface area contributed by atoms with Gasteiger partial charge in [0, 0.05) is 11.9 Å². The molecule has 1 aliphatic rings. The number of pyridine rings is 1. The van der Waals surface area contributed by atoms with Crippen LogP contribution >= 0.6 is 0 Å². The van der Waals surface area contributed by atoms with Crippen LogP contribution in [0.3, 0.4) is 0 Å². The summed E-state index contributed by atoms with van der Waals surface area (Å²) in [6.07, 6.45) is 5.97. The third kappa shape index (κ3) is 2.32. The maximum atomic E-state index is 5.82. The van der Waals surface area contributed by atoms with Crippen molar-refractivity contribution in [2.75, 3.05) is 12.8 Å². The van der Waals surface area contributed by atoms with E-state index in [1.165, 1.54) is 16.7 Å². The number of benzene rings is 1. The van der Waals surface area contributed by atoms with E-state index in [-0.39, 0.29) is 0 Å². The largest absolute Gasteiger partial charge is 0.497 e. The van der Waals surface area contributed by atoms with Gasteiger partial charge in [-0.3, -0.25) is 4.98 Å². The monoisotopic (exact) mass is 252 g/mol. The Hall–Kier alpha value is -2.29. The Morgan fingerprint density at radius 1 is 1.16 bits per heavy atom. The molecule has 19 heavy (non-hydrogen) atoms. The molecular formula is C16H16N2O. The molecule has 1 heterocycles. The molecule has 0 spiro atoms. The molecular weight excluding hydrogens is 236 g/mol. The van der Waals surface area contributed by atoms with E-state index in [2.05, 4.69) is 23.2 Å². The van der Waals surface area contributed by atoms with Crippen LogP contribution in [0, 0.1) is 0 Å². The Balaban J connectivity index is 2.03. The molecule has 0 amide bonds. The van der Waals surface area contributed by atoms with Gasteiger partial charge in [0.05, 0.1) is 12.8 Å². The fourth-order valence-corrected chi connectivity index (χ4v) is 2.42. The number of aromatic nitrogens is 1. The highest BCUT2D eigenvalue weighted by atomic mass is 16.5. The zero-order valence-electron chi connectivity index (χ0n) is 10.9. The molecule has 2 aromatic rings.